The van der Waals surface area contributed by atoms with Gasteiger partial charge in [0, 0.05) is 29.7 Å². The first kappa shape index (κ1) is 15.2. The van der Waals surface area contributed by atoms with Crippen molar-refractivity contribution in [3.05, 3.63) is 55.0 Å². The van der Waals surface area contributed by atoms with Crippen molar-refractivity contribution in [1.29, 1.82) is 0 Å². The van der Waals surface area contributed by atoms with Gasteiger partial charge in [0.15, 0.2) is 0 Å². The summed E-state index contributed by atoms with van der Waals surface area (Å²) in [6.45, 7) is 2.39. The van der Waals surface area contributed by atoms with Gasteiger partial charge in [0.2, 0.25) is 0 Å². The lowest BCUT2D eigenvalue weighted by molar-refractivity contribution is 0.340. The minimum atomic E-state index is -0.444. The molecule has 0 bridgehead atoms. The predicted octanol–water partition coefficient (Wildman–Crippen LogP) is 3.98. The van der Waals surface area contributed by atoms with Crippen LogP contribution in [0.1, 0.15) is 6.92 Å². The van der Waals surface area contributed by atoms with Crippen molar-refractivity contribution >= 4 is 0 Å². The maximum Gasteiger partial charge on any atom is 0.119 e. The van der Waals surface area contributed by atoms with Crippen LogP contribution in [0.15, 0.2) is 55.0 Å². The molecule has 0 atom stereocenters. The topological polar surface area (TPSA) is 39.9 Å². The van der Waals surface area contributed by atoms with Gasteiger partial charge in [0.05, 0.1) is 13.2 Å². The van der Waals surface area contributed by atoms with E-state index in [4.69, 9.17) is 4.74 Å². The van der Waals surface area contributed by atoms with Crippen LogP contribution in [0, 0.1) is 0 Å². The third-order valence-corrected chi connectivity index (χ3v) is 3.51. The Morgan fingerprint density at radius 1 is 1.04 bits per heavy atom. The smallest absolute Gasteiger partial charge is 0.119 e. The van der Waals surface area contributed by atoms with E-state index in [1.807, 2.05) is 49.5 Å². The van der Waals surface area contributed by atoms with Crippen molar-refractivity contribution < 1.29 is 9.13 Å². The van der Waals surface area contributed by atoms with Gasteiger partial charge in [-0.3, -0.25) is 9.67 Å². The molecule has 0 N–H and O–H groups in total. The number of nitrogens with zero attached hydrogens (tertiary/aromatic N) is 3. The molecule has 0 amide bonds. The minimum Gasteiger partial charge on any atom is -0.494 e. The van der Waals surface area contributed by atoms with Crippen LogP contribution in [0.4, 0.5) is 4.39 Å². The molecule has 0 saturated carbocycles. The Morgan fingerprint density at radius 2 is 1.78 bits per heavy atom. The fourth-order valence-electron chi connectivity index (χ4n) is 2.45. The molecule has 0 aliphatic carbocycles. The molecular weight excluding hydrogens is 293 g/mol. The first-order chi connectivity index (χ1) is 11.3. The third kappa shape index (κ3) is 3.39. The van der Waals surface area contributed by atoms with Crippen molar-refractivity contribution in [1.82, 2.24) is 14.8 Å². The van der Waals surface area contributed by atoms with Gasteiger partial charge in [-0.2, -0.15) is 5.10 Å². The zero-order valence-corrected chi connectivity index (χ0v) is 12.9. The van der Waals surface area contributed by atoms with Crippen molar-refractivity contribution in [3.8, 4) is 28.1 Å². The lowest BCUT2D eigenvalue weighted by Crippen LogP contribution is -1.99. The quantitative estimate of drug-likeness (QED) is 0.691. The molecule has 0 radical (unpaired) electrons. The van der Waals surface area contributed by atoms with Gasteiger partial charge in [-0.15, -0.1) is 0 Å². The van der Waals surface area contributed by atoms with Crippen LogP contribution in [-0.4, -0.2) is 28.0 Å². The molecule has 0 aliphatic heterocycles. The summed E-state index contributed by atoms with van der Waals surface area (Å²) in [5.41, 5.74) is 3.77. The lowest BCUT2D eigenvalue weighted by Gasteiger charge is -2.05. The Bertz CT molecular complexity index is 754. The highest BCUT2D eigenvalue weighted by Crippen LogP contribution is 2.31. The molecular formula is C18H18FN3O. The van der Waals surface area contributed by atoms with E-state index in [1.165, 1.54) is 0 Å². The first-order valence-corrected chi connectivity index (χ1v) is 7.59. The molecule has 2 heterocycles. The van der Waals surface area contributed by atoms with E-state index in [9.17, 15) is 4.39 Å². The van der Waals surface area contributed by atoms with Crippen LogP contribution in [0.5, 0.6) is 5.75 Å². The number of halogens is 1. The molecule has 23 heavy (non-hydrogen) atoms. The number of rotatable bonds is 6. The first-order valence-electron chi connectivity index (χ1n) is 7.59. The highest BCUT2D eigenvalue weighted by Gasteiger charge is 2.13. The average Bonchev–Trinajstić information content (AvgIpc) is 3.01. The third-order valence-electron chi connectivity index (χ3n) is 3.51. The van der Waals surface area contributed by atoms with E-state index < -0.39 is 6.67 Å². The summed E-state index contributed by atoms with van der Waals surface area (Å²) in [6, 6.07) is 11.6. The molecule has 118 valence electrons. The van der Waals surface area contributed by atoms with E-state index in [0.29, 0.717) is 6.61 Å². The van der Waals surface area contributed by atoms with Gasteiger partial charge in [-0.05, 0) is 48.9 Å². The van der Waals surface area contributed by atoms with E-state index in [2.05, 4.69) is 10.1 Å². The standard InChI is InChI=1S/C18H18FN3O/c1-2-23-16-5-3-15(4-6-16)18-17(13-22(21-18)12-9-19)14-7-10-20-11-8-14/h3-8,10-11,13H,2,9,12H2,1H3. The fourth-order valence-corrected chi connectivity index (χ4v) is 2.45. The molecule has 1 aromatic carbocycles. The summed E-state index contributed by atoms with van der Waals surface area (Å²) in [5.74, 6) is 0.824. The van der Waals surface area contributed by atoms with E-state index >= 15 is 0 Å². The number of hydrogen-bond donors (Lipinski definition) is 0. The zero-order valence-electron chi connectivity index (χ0n) is 12.9. The van der Waals surface area contributed by atoms with Gasteiger partial charge in [0.1, 0.15) is 18.1 Å². The molecule has 4 nitrogen and oxygen atoms in total. The van der Waals surface area contributed by atoms with Crippen molar-refractivity contribution in [2.24, 2.45) is 0 Å². The molecule has 5 heteroatoms. The molecule has 0 saturated heterocycles. The van der Waals surface area contributed by atoms with E-state index in [0.717, 1.165) is 28.1 Å². The normalized spacial score (nSPS) is 10.7. The lowest BCUT2D eigenvalue weighted by atomic mass is 10.0. The van der Waals surface area contributed by atoms with Crippen molar-refractivity contribution in [2.45, 2.75) is 13.5 Å². The number of benzene rings is 1. The number of pyridine rings is 1. The summed E-state index contributed by atoms with van der Waals surface area (Å²) in [4.78, 5) is 4.04. The Hall–Kier alpha value is -2.69. The molecule has 0 fully saturated rings. The Labute approximate surface area is 134 Å². The van der Waals surface area contributed by atoms with Crippen molar-refractivity contribution in [3.63, 3.8) is 0 Å². The summed E-state index contributed by atoms with van der Waals surface area (Å²) in [5, 5.41) is 4.54. The SMILES string of the molecule is CCOc1ccc(-c2nn(CCF)cc2-c2ccncc2)cc1. The number of aromatic nitrogens is 3. The van der Waals surface area contributed by atoms with Crippen LogP contribution >= 0.6 is 0 Å². The van der Waals surface area contributed by atoms with Crippen LogP contribution in [0.25, 0.3) is 22.4 Å². The second-order valence-electron chi connectivity index (χ2n) is 5.04. The number of alkyl halides is 1. The maximum atomic E-state index is 12.7. The highest BCUT2D eigenvalue weighted by molar-refractivity contribution is 5.80. The Morgan fingerprint density at radius 3 is 2.43 bits per heavy atom. The zero-order chi connectivity index (χ0) is 16.1. The number of ether oxygens (including phenoxy) is 1. The van der Waals surface area contributed by atoms with Gasteiger partial charge < -0.3 is 4.74 Å². The molecule has 0 spiro atoms. The predicted molar refractivity (Wildman–Crippen MR) is 88.0 cm³/mol. The summed E-state index contributed by atoms with van der Waals surface area (Å²) < 4.78 is 19.8. The molecule has 3 aromatic rings. The van der Waals surface area contributed by atoms with Gasteiger partial charge >= 0.3 is 0 Å². The van der Waals surface area contributed by atoms with Gasteiger partial charge in [-0.25, -0.2) is 4.39 Å². The van der Waals surface area contributed by atoms with E-state index in [-0.39, 0.29) is 6.54 Å². The van der Waals surface area contributed by atoms with Crippen molar-refractivity contribution in [2.75, 3.05) is 13.3 Å². The second-order valence-corrected chi connectivity index (χ2v) is 5.04. The molecule has 3 rings (SSSR count). The minimum absolute atomic E-state index is 0.245. The molecule has 0 unspecified atom stereocenters. The van der Waals surface area contributed by atoms with E-state index in [1.54, 1.807) is 17.1 Å². The van der Waals surface area contributed by atoms with Crippen LogP contribution < -0.4 is 4.74 Å². The van der Waals surface area contributed by atoms with Crippen LogP contribution in [-0.2, 0) is 6.54 Å². The van der Waals surface area contributed by atoms with Crippen LogP contribution in [0.2, 0.25) is 0 Å². The summed E-state index contributed by atoms with van der Waals surface area (Å²) in [7, 11) is 0. The van der Waals surface area contributed by atoms with Gasteiger partial charge in [0.25, 0.3) is 0 Å². The highest BCUT2D eigenvalue weighted by atomic mass is 19.1. The second kappa shape index (κ2) is 7.05. The largest absolute Gasteiger partial charge is 0.494 e. The van der Waals surface area contributed by atoms with Gasteiger partial charge in [-0.1, -0.05) is 0 Å². The maximum absolute atomic E-state index is 12.7. The summed E-state index contributed by atoms with van der Waals surface area (Å²) >= 11 is 0. The molecule has 0 aliphatic rings. The Kier molecular flexibility index (Phi) is 4.66. The Balaban J connectivity index is 2.03. The average molecular weight is 311 g/mol. The summed E-state index contributed by atoms with van der Waals surface area (Å²) in [6.07, 6.45) is 5.36. The number of aryl methyl sites for hydroxylation is 1. The fraction of sp³-hybridized carbons (Fsp3) is 0.222. The molecule has 2 aromatic heterocycles. The number of hydrogen-bond acceptors (Lipinski definition) is 3. The van der Waals surface area contributed by atoms with Crippen LogP contribution in [0.3, 0.4) is 0 Å². The monoisotopic (exact) mass is 311 g/mol.